The minimum atomic E-state index is -0.605. The Morgan fingerprint density at radius 2 is 1.30 bits per heavy atom. The summed E-state index contributed by atoms with van der Waals surface area (Å²) in [5.41, 5.74) is 10.0. The number of aryl methyl sites for hydroxylation is 1. The number of rotatable bonds is 6. The molecule has 27 heavy (non-hydrogen) atoms. The number of nitrogens with two attached hydrogens (primary N) is 1. The zero-order valence-corrected chi connectivity index (χ0v) is 15.3. The Balaban J connectivity index is 1.66. The van der Waals surface area contributed by atoms with Crippen molar-refractivity contribution < 1.29 is 4.74 Å². The molecule has 3 nitrogen and oxygen atoms in total. The monoisotopic (exact) mass is 356 g/mol. The van der Waals surface area contributed by atoms with Crippen LogP contribution in [-0.4, -0.2) is 12.3 Å². The summed E-state index contributed by atoms with van der Waals surface area (Å²) in [5.74, 6) is 0.861. The van der Waals surface area contributed by atoms with E-state index in [1.165, 1.54) is 5.56 Å². The second kappa shape index (κ2) is 7.68. The Labute approximate surface area is 160 Å². The molecule has 1 atom stereocenters. The topological polar surface area (TPSA) is 47.3 Å². The molecule has 0 fully saturated rings. The average Bonchev–Trinajstić information content (AvgIpc) is 3.15. The zero-order valence-electron chi connectivity index (χ0n) is 15.3. The lowest BCUT2D eigenvalue weighted by Gasteiger charge is -2.29. The van der Waals surface area contributed by atoms with Crippen LogP contribution in [0.3, 0.4) is 0 Å². The smallest absolute Gasteiger partial charge is 0.193 e. The van der Waals surface area contributed by atoms with Crippen molar-refractivity contribution in [3.8, 4) is 0 Å². The molecule has 3 N–H and O–H groups in total. The summed E-state index contributed by atoms with van der Waals surface area (Å²) in [6, 6.07) is 31.0. The van der Waals surface area contributed by atoms with Crippen molar-refractivity contribution in [2.75, 3.05) is 6.54 Å². The normalized spacial score (nSPS) is 18.9. The fourth-order valence-corrected chi connectivity index (χ4v) is 3.46. The maximum absolute atomic E-state index is 6.52. The largest absolute Gasteiger partial charge is 0.464 e. The first-order valence-electron chi connectivity index (χ1n) is 9.36. The summed E-state index contributed by atoms with van der Waals surface area (Å²) >= 11 is 0. The van der Waals surface area contributed by atoms with Gasteiger partial charge in [-0.15, -0.1) is 0 Å². The maximum Gasteiger partial charge on any atom is 0.193 e. The first kappa shape index (κ1) is 17.4. The van der Waals surface area contributed by atoms with Crippen LogP contribution in [0.2, 0.25) is 0 Å². The van der Waals surface area contributed by atoms with Crippen LogP contribution < -0.4 is 11.1 Å². The molecule has 0 bridgehead atoms. The molecule has 1 unspecified atom stereocenters. The third-order valence-electron chi connectivity index (χ3n) is 4.97. The van der Waals surface area contributed by atoms with Crippen molar-refractivity contribution in [3.05, 3.63) is 108 Å². The summed E-state index contributed by atoms with van der Waals surface area (Å²) in [7, 11) is 0. The van der Waals surface area contributed by atoms with Crippen molar-refractivity contribution >= 4 is 11.5 Å². The molecule has 0 aromatic heterocycles. The van der Waals surface area contributed by atoms with E-state index in [-0.39, 0.29) is 0 Å². The molecule has 0 saturated carbocycles. The van der Waals surface area contributed by atoms with Crippen molar-refractivity contribution in [3.63, 3.8) is 0 Å². The Bertz CT molecular complexity index is 853. The number of hydrogen-bond donors (Lipinski definition) is 2. The Morgan fingerprint density at radius 3 is 1.89 bits per heavy atom. The number of nitrogens with one attached hydrogen (secondary N) is 1. The molecule has 0 amide bonds. The van der Waals surface area contributed by atoms with E-state index < -0.39 is 5.72 Å². The van der Waals surface area contributed by atoms with Gasteiger partial charge in [0.1, 0.15) is 0 Å². The molecule has 0 aliphatic carbocycles. The van der Waals surface area contributed by atoms with Gasteiger partial charge in [-0.25, -0.2) is 0 Å². The first-order chi connectivity index (χ1) is 13.3. The van der Waals surface area contributed by atoms with Crippen molar-refractivity contribution in [2.24, 2.45) is 5.73 Å². The highest BCUT2D eigenvalue weighted by atomic mass is 16.5. The fourth-order valence-electron chi connectivity index (χ4n) is 3.46. The molecule has 1 heterocycles. The summed E-state index contributed by atoms with van der Waals surface area (Å²) in [5, 5.41) is 3.62. The van der Waals surface area contributed by atoms with E-state index in [1.807, 2.05) is 42.5 Å². The lowest BCUT2D eigenvalue weighted by molar-refractivity contribution is 0.0401. The third-order valence-corrected chi connectivity index (χ3v) is 4.97. The molecule has 4 rings (SSSR count). The second-order valence-electron chi connectivity index (χ2n) is 6.85. The van der Waals surface area contributed by atoms with Gasteiger partial charge >= 0.3 is 0 Å². The molecule has 1 aliphatic heterocycles. The highest BCUT2D eigenvalue weighted by molar-refractivity contribution is 5.88. The van der Waals surface area contributed by atoms with Crippen molar-refractivity contribution in [2.45, 2.75) is 18.6 Å². The molecule has 0 radical (unpaired) electrons. The van der Waals surface area contributed by atoms with Gasteiger partial charge < -0.3 is 15.8 Å². The minimum absolute atomic E-state index is 0.395. The molecule has 3 heteroatoms. The van der Waals surface area contributed by atoms with E-state index in [4.69, 9.17) is 10.5 Å². The van der Waals surface area contributed by atoms with Crippen LogP contribution in [-0.2, 0) is 11.2 Å². The average molecular weight is 356 g/mol. The maximum atomic E-state index is 6.52. The van der Waals surface area contributed by atoms with Crippen LogP contribution in [0.5, 0.6) is 0 Å². The molecule has 136 valence electrons. The highest BCUT2D eigenvalue weighted by Crippen LogP contribution is 2.38. The zero-order chi connectivity index (χ0) is 18.5. The number of hydrogen-bond acceptors (Lipinski definition) is 3. The lowest BCUT2D eigenvalue weighted by atomic mass is 10.0. The van der Waals surface area contributed by atoms with Gasteiger partial charge in [-0.05, 0) is 12.0 Å². The summed E-state index contributed by atoms with van der Waals surface area (Å²) < 4.78 is 6.52. The second-order valence-corrected chi connectivity index (χ2v) is 6.85. The highest BCUT2D eigenvalue weighted by Gasteiger charge is 2.39. The van der Waals surface area contributed by atoms with E-state index >= 15 is 0 Å². The summed E-state index contributed by atoms with van der Waals surface area (Å²) in [6.45, 7) is 0.395. The Hall–Kier alpha value is -3.04. The quantitative estimate of drug-likeness (QED) is 0.687. The van der Waals surface area contributed by atoms with Crippen LogP contribution >= 0.6 is 0 Å². The number of ether oxygens (including phenoxy) is 1. The van der Waals surface area contributed by atoms with Gasteiger partial charge in [0, 0.05) is 17.5 Å². The van der Waals surface area contributed by atoms with Crippen LogP contribution in [0.25, 0.3) is 11.5 Å². The molecule has 1 aliphatic rings. The van der Waals surface area contributed by atoms with Crippen molar-refractivity contribution in [1.82, 2.24) is 5.32 Å². The molecule has 3 aromatic carbocycles. The molecular formula is C24H24N2O. The van der Waals surface area contributed by atoms with E-state index in [2.05, 4.69) is 53.8 Å². The van der Waals surface area contributed by atoms with Gasteiger partial charge in [0.2, 0.25) is 0 Å². The summed E-state index contributed by atoms with van der Waals surface area (Å²) in [4.78, 5) is 0. The van der Waals surface area contributed by atoms with Crippen LogP contribution in [0, 0.1) is 0 Å². The summed E-state index contributed by atoms with van der Waals surface area (Å²) in [6.07, 6.45) is 1.69. The SMILES string of the molecule is NCC1(CCc2ccccc2)NC(c2ccccc2)=C(c2ccccc2)O1. The van der Waals surface area contributed by atoms with Gasteiger partial charge in [-0.1, -0.05) is 91.0 Å². The van der Waals surface area contributed by atoms with E-state index in [1.54, 1.807) is 0 Å². The van der Waals surface area contributed by atoms with Crippen LogP contribution in [0.1, 0.15) is 23.1 Å². The van der Waals surface area contributed by atoms with E-state index in [0.717, 1.165) is 35.4 Å². The third kappa shape index (κ3) is 3.74. The van der Waals surface area contributed by atoms with Gasteiger partial charge in [0.05, 0.1) is 12.2 Å². The molecule has 0 saturated heterocycles. The standard InChI is InChI=1S/C24H24N2O/c25-18-24(17-16-19-10-4-1-5-11-19)26-22(20-12-6-2-7-13-20)23(27-24)21-14-8-3-9-15-21/h1-15,26H,16-18,25H2. The fraction of sp³-hybridized carbons (Fsp3) is 0.167. The van der Waals surface area contributed by atoms with Crippen molar-refractivity contribution in [1.29, 1.82) is 0 Å². The van der Waals surface area contributed by atoms with Gasteiger partial charge in [0.15, 0.2) is 11.5 Å². The predicted octanol–water partition coefficient (Wildman–Crippen LogP) is 4.42. The lowest BCUT2D eigenvalue weighted by Crippen LogP contribution is -2.48. The molecule has 0 spiro atoms. The van der Waals surface area contributed by atoms with Gasteiger partial charge in [-0.2, -0.15) is 0 Å². The van der Waals surface area contributed by atoms with E-state index in [0.29, 0.717) is 6.54 Å². The van der Waals surface area contributed by atoms with Crippen LogP contribution in [0.4, 0.5) is 0 Å². The Kier molecular flexibility index (Phi) is 4.95. The Morgan fingerprint density at radius 1 is 0.741 bits per heavy atom. The van der Waals surface area contributed by atoms with Gasteiger partial charge in [0.25, 0.3) is 0 Å². The van der Waals surface area contributed by atoms with E-state index in [9.17, 15) is 0 Å². The molecular weight excluding hydrogens is 332 g/mol. The number of benzene rings is 3. The first-order valence-corrected chi connectivity index (χ1v) is 9.36. The predicted molar refractivity (Wildman–Crippen MR) is 110 cm³/mol. The van der Waals surface area contributed by atoms with Crippen LogP contribution in [0.15, 0.2) is 91.0 Å². The molecule has 3 aromatic rings. The minimum Gasteiger partial charge on any atom is -0.464 e. The van der Waals surface area contributed by atoms with Gasteiger partial charge in [-0.3, -0.25) is 0 Å².